The quantitative estimate of drug-likeness (QED) is 0.601. The minimum atomic E-state index is -0.461. The molecule has 0 amide bonds. The lowest BCUT2D eigenvalue weighted by Crippen LogP contribution is -2.46. The van der Waals surface area contributed by atoms with Crippen molar-refractivity contribution in [2.45, 2.75) is 38.6 Å². The second-order valence-electron chi connectivity index (χ2n) is 7.41. The lowest BCUT2D eigenvalue weighted by Gasteiger charge is -2.44. The number of hydrogen-bond donors (Lipinski definition) is 0. The van der Waals surface area contributed by atoms with Gasteiger partial charge in [-0.1, -0.05) is 26.0 Å². The molecule has 0 radical (unpaired) electrons. The highest BCUT2D eigenvalue weighted by molar-refractivity contribution is 9.10. The number of hydrogen-bond acceptors (Lipinski definition) is 3. The van der Waals surface area contributed by atoms with E-state index in [0.717, 1.165) is 27.0 Å². The zero-order valence-corrected chi connectivity index (χ0v) is 16.1. The van der Waals surface area contributed by atoms with Crippen LogP contribution < -0.4 is 0 Å². The molecule has 0 fully saturated rings. The molecule has 2 aromatic heterocycles. The molecule has 0 unspecified atom stereocenters. The highest BCUT2D eigenvalue weighted by Gasteiger charge is 2.45. The molecule has 3 aromatic rings. The summed E-state index contributed by atoms with van der Waals surface area (Å²) in [5.74, 6) is -0.196. The van der Waals surface area contributed by atoms with Crippen LogP contribution in [0.4, 0.5) is 4.39 Å². The van der Waals surface area contributed by atoms with Crippen LogP contribution in [0.15, 0.2) is 46.3 Å². The van der Waals surface area contributed by atoms with E-state index in [-0.39, 0.29) is 5.82 Å². The van der Waals surface area contributed by atoms with Crippen LogP contribution in [0, 0.1) is 5.82 Å². The van der Waals surface area contributed by atoms with E-state index >= 15 is 0 Å². The third-order valence-corrected chi connectivity index (χ3v) is 5.96. The summed E-state index contributed by atoms with van der Waals surface area (Å²) in [5, 5.41) is 4.29. The average Bonchev–Trinajstić information content (AvgIpc) is 2.92. The highest BCUT2D eigenvalue weighted by atomic mass is 79.9. The summed E-state index contributed by atoms with van der Waals surface area (Å²) in [6.45, 7) is 8.17. The largest absolute Gasteiger partial charge is 0.277 e. The summed E-state index contributed by atoms with van der Waals surface area (Å²) in [6, 6.07) is 5.18. The van der Waals surface area contributed by atoms with Gasteiger partial charge in [0.05, 0.1) is 21.9 Å². The summed E-state index contributed by atoms with van der Waals surface area (Å²) in [4.78, 5) is 9.46. The molecule has 1 aliphatic rings. The molecule has 4 nitrogen and oxygen atoms in total. The molecular formula is C19H18BrFN4. The first kappa shape index (κ1) is 16.4. The van der Waals surface area contributed by atoms with Gasteiger partial charge in [-0.3, -0.25) is 4.99 Å². The van der Waals surface area contributed by atoms with E-state index in [9.17, 15) is 4.39 Å². The fraction of sp³-hybridized carbons (Fsp3) is 0.316. The predicted octanol–water partition coefficient (Wildman–Crippen LogP) is 4.54. The van der Waals surface area contributed by atoms with E-state index in [4.69, 9.17) is 4.99 Å². The Balaban J connectivity index is 2.00. The number of fused-ring (bicyclic) bond motifs is 2. The SMILES string of the molecule is CC1(C)N=C(c2cnc3c(Br)cnn3c2)c2cccc(F)c2C1(C)C. The third kappa shape index (κ3) is 2.27. The fourth-order valence-corrected chi connectivity index (χ4v) is 3.71. The normalized spacial score (nSPS) is 18.1. The number of halogens is 2. The van der Waals surface area contributed by atoms with Crippen molar-refractivity contribution in [2.75, 3.05) is 0 Å². The predicted molar refractivity (Wildman–Crippen MR) is 99.8 cm³/mol. The summed E-state index contributed by atoms with van der Waals surface area (Å²) < 4.78 is 17.3. The van der Waals surface area contributed by atoms with Crippen molar-refractivity contribution in [1.82, 2.24) is 14.6 Å². The maximum atomic E-state index is 14.8. The smallest absolute Gasteiger partial charge is 0.169 e. The average molecular weight is 401 g/mol. The highest BCUT2D eigenvalue weighted by Crippen LogP contribution is 2.44. The van der Waals surface area contributed by atoms with Gasteiger partial charge in [0, 0.05) is 34.5 Å². The van der Waals surface area contributed by atoms with Crippen molar-refractivity contribution in [3.05, 3.63) is 63.8 Å². The molecule has 128 valence electrons. The van der Waals surface area contributed by atoms with E-state index in [2.05, 4.69) is 26.0 Å². The van der Waals surface area contributed by atoms with E-state index < -0.39 is 11.0 Å². The van der Waals surface area contributed by atoms with Gasteiger partial charge >= 0.3 is 0 Å². The van der Waals surface area contributed by atoms with Crippen molar-refractivity contribution in [3.8, 4) is 0 Å². The summed E-state index contributed by atoms with van der Waals surface area (Å²) in [5.41, 5.74) is 2.93. The van der Waals surface area contributed by atoms with Gasteiger partial charge in [-0.25, -0.2) is 13.9 Å². The minimum Gasteiger partial charge on any atom is -0.277 e. The first-order valence-corrected chi connectivity index (χ1v) is 8.90. The molecule has 0 aliphatic carbocycles. The molecule has 0 saturated heterocycles. The van der Waals surface area contributed by atoms with Gasteiger partial charge in [0.1, 0.15) is 5.82 Å². The first-order chi connectivity index (χ1) is 11.7. The molecule has 0 N–H and O–H groups in total. The number of aliphatic imine (C=N–C) groups is 1. The van der Waals surface area contributed by atoms with Crippen LogP contribution in [0.2, 0.25) is 0 Å². The van der Waals surface area contributed by atoms with Crippen molar-refractivity contribution < 1.29 is 4.39 Å². The summed E-state index contributed by atoms with van der Waals surface area (Å²) in [7, 11) is 0. The maximum Gasteiger partial charge on any atom is 0.169 e. The van der Waals surface area contributed by atoms with E-state index in [1.54, 1.807) is 23.0 Å². The second kappa shape index (κ2) is 5.21. The Labute approximate surface area is 153 Å². The van der Waals surface area contributed by atoms with Crippen LogP contribution in [-0.4, -0.2) is 25.8 Å². The van der Waals surface area contributed by atoms with E-state index in [1.807, 2.05) is 40.0 Å². The van der Waals surface area contributed by atoms with Crippen LogP contribution >= 0.6 is 15.9 Å². The Bertz CT molecular complexity index is 1030. The van der Waals surface area contributed by atoms with Crippen LogP contribution in [0.5, 0.6) is 0 Å². The topological polar surface area (TPSA) is 42.5 Å². The van der Waals surface area contributed by atoms with Crippen molar-refractivity contribution >= 4 is 27.3 Å². The van der Waals surface area contributed by atoms with E-state index in [1.165, 1.54) is 6.07 Å². The van der Waals surface area contributed by atoms with Gasteiger partial charge in [-0.2, -0.15) is 5.10 Å². The standard InChI is InChI=1S/C19H18BrFN4/c1-18(2)15-12(6-5-7-14(15)21)16(24-19(18,3)4)11-8-22-17-13(20)9-23-25(17)10-11/h5-10H,1-4H3. The second-order valence-corrected chi connectivity index (χ2v) is 8.26. The molecule has 0 spiro atoms. The number of aromatic nitrogens is 3. The molecular weight excluding hydrogens is 383 g/mol. The van der Waals surface area contributed by atoms with Crippen LogP contribution in [0.3, 0.4) is 0 Å². The third-order valence-electron chi connectivity index (χ3n) is 5.40. The maximum absolute atomic E-state index is 14.8. The fourth-order valence-electron chi connectivity index (χ4n) is 3.33. The zero-order chi connectivity index (χ0) is 18.0. The Morgan fingerprint density at radius 1 is 1.12 bits per heavy atom. The molecule has 0 saturated carbocycles. The van der Waals surface area contributed by atoms with Gasteiger partial charge in [0.25, 0.3) is 0 Å². The number of rotatable bonds is 1. The van der Waals surface area contributed by atoms with E-state index in [0.29, 0.717) is 5.56 Å². The molecule has 25 heavy (non-hydrogen) atoms. The van der Waals surface area contributed by atoms with Gasteiger partial charge in [0.15, 0.2) is 5.65 Å². The number of benzene rings is 1. The van der Waals surface area contributed by atoms with Crippen LogP contribution in [-0.2, 0) is 5.41 Å². The summed E-state index contributed by atoms with van der Waals surface area (Å²) >= 11 is 3.43. The molecule has 4 rings (SSSR count). The lowest BCUT2D eigenvalue weighted by atomic mass is 9.65. The number of nitrogens with zero attached hydrogens (tertiary/aromatic N) is 4. The van der Waals surface area contributed by atoms with Gasteiger partial charge < -0.3 is 0 Å². The Morgan fingerprint density at radius 3 is 2.64 bits per heavy atom. The molecule has 0 bridgehead atoms. The Morgan fingerprint density at radius 2 is 1.88 bits per heavy atom. The van der Waals surface area contributed by atoms with Crippen molar-refractivity contribution in [1.29, 1.82) is 0 Å². The summed E-state index contributed by atoms with van der Waals surface area (Å²) in [6.07, 6.45) is 5.36. The Kier molecular flexibility index (Phi) is 3.41. The molecule has 6 heteroatoms. The van der Waals surface area contributed by atoms with Gasteiger partial charge in [0.2, 0.25) is 0 Å². The van der Waals surface area contributed by atoms with Crippen LogP contribution in [0.1, 0.15) is 44.4 Å². The van der Waals surface area contributed by atoms with Gasteiger partial charge in [-0.05, 0) is 35.8 Å². The molecule has 3 heterocycles. The minimum absolute atomic E-state index is 0.196. The zero-order valence-electron chi connectivity index (χ0n) is 14.5. The molecule has 1 aliphatic heterocycles. The first-order valence-electron chi connectivity index (χ1n) is 8.11. The van der Waals surface area contributed by atoms with Gasteiger partial charge in [-0.15, -0.1) is 0 Å². The van der Waals surface area contributed by atoms with Crippen molar-refractivity contribution in [2.24, 2.45) is 4.99 Å². The van der Waals surface area contributed by atoms with Crippen LogP contribution in [0.25, 0.3) is 5.65 Å². The Hall–Kier alpha value is -2.08. The molecule has 0 atom stereocenters. The lowest BCUT2D eigenvalue weighted by molar-refractivity contribution is 0.293. The monoisotopic (exact) mass is 400 g/mol. The molecule has 1 aromatic carbocycles. The van der Waals surface area contributed by atoms with Crippen molar-refractivity contribution in [3.63, 3.8) is 0 Å².